The van der Waals surface area contributed by atoms with Gasteiger partial charge >= 0.3 is 0 Å². The Balaban J connectivity index is 1.99. The van der Waals surface area contributed by atoms with Gasteiger partial charge in [-0.15, -0.1) is 11.6 Å². The summed E-state index contributed by atoms with van der Waals surface area (Å²) in [6.45, 7) is 2.66. The SMILES string of the molecule is ClC[C@H]1CCCN2CCCC[C@@H]12. The largest absolute Gasteiger partial charge is 0.300 e. The molecule has 70 valence electrons. The van der Waals surface area contributed by atoms with Gasteiger partial charge in [0.2, 0.25) is 0 Å². The molecule has 2 atom stereocenters. The summed E-state index contributed by atoms with van der Waals surface area (Å²) in [4.78, 5) is 2.67. The molecule has 0 saturated carbocycles. The number of halogens is 1. The van der Waals surface area contributed by atoms with Crippen LogP contribution in [0.25, 0.3) is 0 Å². The molecule has 2 heteroatoms. The van der Waals surface area contributed by atoms with E-state index in [1.807, 2.05) is 0 Å². The summed E-state index contributed by atoms with van der Waals surface area (Å²) >= 11 is 5.97. The summed E-state index contributed by atoms with van der Waals surface area (Å²) in [6.07, 6.45) is 6.97. The summed E-state index contributed by atoms with van der Waals surface area (Å²) in [5.74, 6) is 1.67. The second kappa shape index (κ2) is 3.97. The second-order valence-electron chi connectivity index (χ2n) is 4.16. The fourth-order valence-corrected chi connectivity index (χ4v) is 3.12. The molecule has 1 nitrogen and oxygen atoms in total. The molecule has 2 rings (SSSR count). The molecule has 12 heavy (non-hydrogen) atoms. The van der Waals surface area contributed by atoms with E-state index in [1.165, 1.54) is 45.2 Å². The predicted octanol–water partition coefficient (Wildman–Crippen LogP) is 2.49. The summed E-state index contributed by atoms with van der Waals surface area (Å²) < 4.78 is 0. The van der Waals surface area contributed by atoms with Crippen molar-refractivity contribution in [3.63, 3.8) is 0 Å². The van der Waals surface area contributed by atoms with E-state index >= 15 is 0 Å². The number of hydrogen-bond donors (Lipinski definition) is 0. The summed E-state index contributed by atoms with van der Waals surface area (Å²) in [5.41, 5.74) is 0. The molecular formula is C10H18ClN. The second-order valence-corrected chi connectivity index (χ2v) is 4.46. The van der Waals surface area contributed by atoms with E-state index in [9.17, 15) is 0 Å². The maximum atomic E-state index is 5.97. The number of alkyl halides is 1. The molecule has 0 aromatic carbocycles. The van der Waals surface area contributed by atoms with Crippen LogP contribution < -0.4 is 0 Å². The average Bonchev–Trinajstić information content (AvgIpc) is 2.17. The summed E-state index contributed by atoms with van der Waals surface area (Å²) in [6, 6.07) is 0.838. The van der Waals surface area contributed by atoms with Crippen LogP contribution in [0.3, 0.4) is 0 Å². The summed E-state index contributed by atoms with van der Waals surface area (Å²) in [5, 5.41) is 0. The minimum Gasteiger partial charge on any atom is -0.300 e. The van der Waals surface area contributed by atoms with Crippen LogP contribution in [0.4, 0.5) is 0 Å². The Kier molecular flexibility index (Phi) is 2.92. The minimum absolute atomic E-state index is 0.792. The van der Waals surface area contributed by atoms with Gasteiger partial charge in [0.05, 0.1) is 0 Å². The van der Waals surface area contributed by atoms with Crippen molar-refractivity contribution >= 4 is 11.6 Å². The van der Waals surface area contributed by atoms with Gasteiger partial charge in [-0.05, 0) is 44.7 Å². The van der Waals surface area contributed by atoms with Gasteiger partial charge < -0.3 is 4.90 Å². The lowest BCUT2D eigenvalue weighted by Crippen LogP contribution is -2.48. The van der Waals surface area contributed by atoms with Gasteiger partial charge in [0.15, 0.2) is 0 Å². The first-order valence-corrected chi connectivity index (χ1v) is 5.75. The molecule has 0 aliphatic carbocycles. The number of rotatable bonds is 1. The van der Waals surface area contributed by atoms with Crippen molar-refractivity contribution in [2.24, 2.45) is 5.92 Å². The van der Waals surface area contributed by atoms with Crippen molar-refractivity contribution in [3.8, 4) is 0 Å². The van der Waals surface area contributed by atoms with Crippen LogP contribution in [-0.4, -0.2) is 29.9 Å². The molecule has 0 unspecified atom stereocenters. The van der Waals surface area contributed by atoms with E-state index in [4.69, 9.17) is 11.6 Å². The van der Waals surface area contributed by atoms with Crippen molar-refractivity contribution in [1.82, 2.24) is 4.90 Å². The van der Waals surface area contributed by atoms with E-state index in [0.29, 0.717) is 0 Å². The monoisotopic (exact) mass is 187 g/mol. The Morgan fingerprint density at radius 3 is 2.75 bits per heavy atom. The van der Waals surface area contributed by atoms with E-state index in [0.717, 1.165) is 17.8 Å². The van der Waals surface area contributed by atoms with Crippen LogP contribution >= 0.6 is 11.6 Å². The van der Waals surface area contributed by atoms with Gasteiger partial charge in [-0.3, -0.25) is 0 Å². The Morgan fingerprint density at radius 1 is 1.08 bits per heavy atom. The third kappa shape index (κ3) is 1.62. The van der Waals surface area contributed by atoms with Gasteiger partial charge in [0.25, 0.3) is 0 Å². The molecule has 0 aromatic heterocycles. The molecule has 0 amide bonds. The molecule has 0 radical (unpaired) electrons. The molecule has 2 fully saturated rings. The maximum Gasteiger partial charge on any atom is 0.0266 e. The molecular weight excluding hydrogens is 170 g/mol. The zero-order valence-electron chi connectivity index (χ0n) is 7.64. The van der Waals surface area contributed by atoms with Crippen molar-refractivity contribution in [1.29, 1.82) is 0 Å². The first kappa shape index (κ1) is 8.83. The minimum atomic E-state index is 0.792. The topological polar surface area (TPSA) is 3.24 Å². The van der Waals surface area contributed by atoms with Gasteiger partial charge in [-0.25, -0.2) is 0 Å². The Morgan fingerprint density at radius 2 is 1.92 bits per heavy atom. The third-order valence-corrected chi connectivity index (χ3v) is 3.82. The molecule has 2 aliphatic heterocycles. The third-order valence-electron chi connectivity index (χ3n) is 3.43. The molecule has 0 aromatic rings. The van der Waals surface area contributed by atoms with E-state index in [-0.39, 0.29) is 0 Å². The zero-order valence-corrected chi connectivity index (χ0v) is 8.39. The molecule has 0 N–H and O–H groups in total. The number of piperidine rings is 2. The quantitative estimate of drug-likeness (QED) is 0.571. The molecule has 2 saturated heterocycles. The Labute approximate surface area is 80.1 Å². The van der Waals surface area contributed by atoms with Crippen LogP contribution in [0.2, 0.25) is 0 Å². The molecule has 2 aliphatic rings. The fraction of sp³-hybridized carbons (Fsp3) is 1.00. The predicted molar refractivity (Wildman–Crippen MR) is 52.7 cm³/mol. The van der Waals surface area contributed by atoms with Gasteiger partial charge in [-0.2, -0.15) is 0 Å². The smallest absolute Gasteiger partial charge is 0.0266 e. The lowest BCUT2D eigenvalue weighted by molar-refractivity contribution is 0.0688. The van der Waals surface area contributed by atoms with E-state index < -0.39 is 0 Å². The lowest BCUT2D eigenvalue weighted by Gasteiger charge is -2.43. The van der Waals surface area contributed by atoms with E-state index in [1.54, 1.807) is 0 Å². The van der Waals surface area contributed by atoms with Gasteiger partial charge in [0.1, 0.15) is 0 Å². The molecule has 0 bridgehead atoms. The number of nitrogens with zero attached hydrogens (tertiary/aromatic N) is 1. The van der Waals surface area contributed by atoms with Crippen LogP contribution in [0.5, 0.6) is 0 Å². The average molecular weight is 188 g/mol. The molecule has 0 spiro atoms. The highest BCUT2D eigenvalue weighted by Crippen LogP contribution is 2.31. The Bertz CT molecular complexity index is 140. The van der Waals surface area contributed by atoms with Crippen LogP contribution in [0, 0.1) is 5.92 Å². The Hall–Kier alpha value is 0.250. The van der Waals surface area contributed by atoms with Crippen molar-refractivity contribution < 1.29 is 0 Å². The highest BCUT2D eigenvalue weighted by atomic mass is 35.5. The van der Waals surface area contributed by atoms with Crippen LogP contribution in [-0.2, 0) is 0 Å². The highest BCUT2D eigenvalue weighted by Gasteiger charge is 2.31. The first-order chi connectivity index (χ1) is 5.92. The summed E-state index contributed by atoms with van der Waals surface area (Å²) in [7, 11) is 0. The lowest BCUT2D eigenvalue weighted by atomic mass is 9.85. The number of fused-ring (bicyclic) bond motifs is 1. The van der Waals surface area contributed by atoms with Crippen LogP contribution in [0.15, 0.2) is 0 Å². The van der Waals surface area contributed by atoms with Crippen LogP contribution in [0.1, 0.15) is 32.1 Å². The number of hydrogen-bond acceptors (Lipinski definition) is 1. The van der Waals surface area contributed by atoms with Gasteiger partial charge in [-0.1, -0.05) is 6.42 Å². The maximum absolute atomic E-state index is 5.97. The standard InChI is InChI=1S/C10H18ClN/c11-8-9-4-3-7-12-6-2-1-5-10(9)12/h9-10H,1-8H2/t9-,10+/m1/s1. The normalized spacial score (nSPS) is 37.8. The van der Waals surface area contributed by atoms with Gasteiger partial charge in [0, 0.05) is 11.9 Å². The van der Waals surface area contributed by atoms with E-state index in [2.05, 4.69) is 4.90 Å². The fourth-order valence-electron chi connectivity index (χ4n) is 2.76. The first-order valence-electron chi connectivity index (χ1n) is 5.22. The zero-order chi connectivity index (χ0) is 8.39. The van der Waals surface area contributed by atoms with Crippen molar-refractivity contribution in [3.05, 3.63) is 0 Å². The van der Waals surface area contributed by atoms with Crippen molar-refractivity contribution in [2.75, 3.05) is 19.0 Å². The van der Waals surface area contributed by atoms with Crippen molar-refractivity contribution in [2.45, 2.75) is 38.1 Å². The highest BCUT2D eigenvalue weighted by molar-refractivity contribution is 6.18. The molecule has 2 heterocycles.